The number of H-pyrrole nitrogens is 4. The molecule has 11 heterocycles. The first kappa shape index (κ1) is 98.9. The van der Waals surface area contributed by atoms with Gasteiger partial charge in [0.15, 0.2) is 0 Å². The molecule has 8 aromatic rings. The number of fused-ring (bicyclic) bond motifs is 4. The molecule has 2 aromatic carbocycles. The molecule has 0 radical (unpaired) electrons. The molecule has 7 fully saturated rings. The SMILES string of the molecule is COC(=O)N[C@H](C(=O)N1CCC[C@@H]1c1ncc(-c2ccc(-c3ccc(-c4cnc([C@@H]5CCCN5C(=O)[C@@H](NC(=O)OC)C(C)C)[nH]4)s3)c3c2CCC32CCC(C)CC2)[nH]1)C(C)C.COC(=O)N[C@H](C(=O)N1CCC[C@H]1c1ncc(-c2ccc(-c3ccc(B4OC(C)(C)C(C)(C)O4)c4c3C3(CC4)CCC(C)CC3)s2)[nH]1)C(C)C.COC(=O)N[C@H](C(=O)N1CCC[C@H]1c1ncc(I)[nH]1)C(C)C. The van der Waals surface area contributed by atoms with Crippen LogP contribution in [-0.2, 0) is 71.1 Å². The van der Waals surface area contributed by atoms with E-state index in [2.05, 4.69) is 164 Å². The smallest absolute Gasteiger partial charge is 0.453 e. The average molecular weight is 1990 g/mol. The van der Waals surface area contributed by atoms with Crippen molar-refractivity contribution in [1.29, 1.82) is 0 Å². The Morgan fingerprint density at radius 1 is 0.410 bits per heavy atom. The molecule has 134 heavy (non-hydrogen) atoms. The maximum atomic E-state index is 13.9. The number of methoxy groups -OCH3 is 4. The Morgan fingerprint density at radius 2 is 0.716 bits per heavy atom. The number of aromatic nitrogens is 8. The van der Waals surface area contributed by atoms with Crippen molar-refractivity contribution in [3.8, 4) is 53.3 Å². The molecule has 34 heteroatoms. The Balaban J connectivity index is 0.000000169. The van der Waals surface area contributed by atoms with Gasteiger partial charge in [-0.25, -0.2) is 39.1 Å². The van der Waals surface area contributed by atoms with Gasteiger partial charge in [-0.2, -0.15) is 0 Å². The largest absolute Gasteiger partial charge is 0.495 e. The second kappa shape index (κ2) is 41.3. The molecule has 6 aromatic heterocycles. The van der Waals surface area contributed by atoms with E-state index in [1.807, 2.05) is 88.7 Å². The maximum absolute atomic E-state index is 13.9. The molecule has 9 aliphatic rings. The van der Waals surface area contributed by atoms with Crippen LogP contribution in [0.5, 0.6) is 0 Å². The van der Waals surface area contributed by atoms with Crippen LogP contribution in [0.1, 0.15) is 282 Å². The van der Waals surface area contributed by atoms with Crippen LogP contribution < -0.4 is 26.7 Å². The molecule has 5 aliphatic heterocycles. The Kier molecular flexibility index (Phi) is 30.5. The summed E-state index contributed by atoms with van der Waals surface area (Å²) in [6, 6.07) is 14.7. The van der Waals surface area contributed by atoms with Crippen LogP contribution in [0.2, 0.25) is 0 Å². The summed E-state index contributed by atoms with van der Waals surface area (Å²) in [5, 5.41) is 10.9. The first-order valence-corrected chi connectivity index (χ1v) is 51.1. The Hall–Kier alpha value is -9.65. The first-order chi connectivity index (χ1) is 64.0. The van der Waals surface area contributed by atoms with Crippen molar-refractivity contribution < 1.29 is 66.6 Å². The number of thiophene rings is 2. The maximum Gasteiger partial charge on any atom is 0.495 e. The Morgan fingerprint density at radius 3 is 1.06 bits per heavy atom. The lowest BCUT2D eigenvalue weighted by Gasteiger charge is -2.38. The molecule has 8 amide bonds. The minimum Gasteiger partial charge on any atom is -0.453 e. The predicted octanol–water partition coefficient (Wildman–Crippen LogP) is 18.3. The van der Waals surface area contributed by atoms with Gasteiger partial charge in [0, 0.05) is 41.5 Å². The van der Waals surface area contributed by atoms with Crippen LogP contribution in [-0.4, -0.2) is 205 Å². The number of likely N-dealkylation sites (tertiary alicyclic amines) is 4. The number of rotatable bonds is 22. The zero-order chi connectivity index (χ0) is 95.7. The van der Waals surface area contributed by atoms with Crippen LogP contribution >= 0.6 is 45.3 Å². The number of hydrogen-bond donors (Lipinski definition) is 8. The van der Waals surface area contributed by atoms with Crippen LogP contribution in [0.15, 0.2) is 73.3 Å². The second-order valence-electron chi connectivity index (χ2n) is 40.8. The van der Waals surface area contributed by atoms with Gasteiger partial charge in [-0.15, -0.1) is 22.7 Å². The topological polar surface area (TPSA) is 368 Å². The number of amides is 8. The van der Waals surface area contributed by atoms with E-state index in [1.54, 1.807) is 33.8 Å². The molecule has 4 aliphatic carbocycles. The van der Waals surface area contributed by atoms with Gasteiger partial charge in [0.25, 0.3) is 0 Å². The van der Waals surface area contributed by atoms with Gasteiger partial charge >= 0.3 is 31.5 Å². The van der Waals surface area contributed by atoms with Crippen molar-refractivity contribution in [2.75, 3.05) is 54.6 Å². The van der Waals surface area contributed by atoms with Gasteiger partial charge in [0.1, 0.15) is 47.5 Å². The number of imidazole rings is 4. The van der Waals surface area contributed by atoms with Gasteiger partial charge in [-0.3, -0.25) is 19.2 Å². The van der Waals surface area contributed by atoms with Crippen molar-refractivity contribution in [3.05, 3.63) is 123 Å². The summed E-state index contributed by atoms with van der Waals surface area (Å²) in [4.78, 5) is 147. The monoisotopic (exact) mass is 1990 g/mol. The number of hydrogen-bond acceptors (Lipinski definition) is 20. The molecular formula is C100H136BIN16O14S2. The highest BCUT2D eigenvalue weighted by Crippen LogP contribution is 2.58. The van der Waals surface area contributed by atoms with Crippen molar-refractivity contribution in [3.63, 3.8) is 0 Å². The molecule has 2 saturated carbocycles. The fraction of sp³-hybridized carbons (Fsp3) is 0.600. The second-order valence-corrected chi connectivity index (χ2v) is 44.1. The first-order valence-electron chi connectivity index (χ1n) is 48.3. The highest BCUT2D eigenvalue weighted by atomic mass is 127. The van der Waals surface area contributed by atoms with Gasteiger partial charge < -0.3 is 89.1 Å². The summed E-state index contributed by atoms with van der Waals surface area (Å²) in [7, 11) is 4.86. The summed E-state index contributed by atoms with van der Waals surface area (Å²) in [5.41, 5.74) is 13.2. The van der Waals surface area contributed by atoms with Crippen molar-refractivity contribution in [2.45, 2.75) is 296 Å². The third-order valence-electron chi connectivity index (χ3n) is 30.3. The molecule has 8 N–H and O–H groups in total. The highest BCUT2D eigenvalue weighted by molar-refractivity contribution is 14.1. The highest BCUT2D eigenvalue weighted by Gasteiger charge is 2.55. The normalized spacial score (nSPS) is 23.6. The molecule has 0 bridgehead atoms. The van der Waals surface area contributed by atoms with E-state index in [0.29, 0.717) is 26.2 Å². The van der Waals surface area contributed by atoms with Crippen LogP contribution in [0.3, 0.4) is 0 Å². The number of benzene rings is 2. The average Bonchev–Trinajstić information content (AvgIpc) is 1.56. The quantitative estimate of drug-likeness (QED) is 0.0177. The number of ether oxygens (including phenoxy) is 4. The summed E-state index contributed by atoms with van der Waals surface area (Å²) in [5.74, 6) is 3.84. The van der Waals surface area contributed by atoms with E-state index in [1.165, 1.54) is 140 Å². The third-order valence-corrected chi connectivity index (χ3v) is 33.1. The van der Waals surface area contributed by atoms with Gasteiger partial charge in [0.2, 0.25) is 23.6 Å². The lowest BCUT2D eigenvalue weighted by molar-refractivity contribution is -0.136. The van der Waals surface area contributed by atoms with E-state index in [-0.39, 0.29) is 101 Å². The van der Waals surface area contributed by atoms with E-state index >= 15 is 0 Å². The molecular weight excluding hydrogens is 1850 g/mol. The number of aromatic amines is 4. The Bertz CT molecular complexity index is 5540. The fourth-order valence-electron chi connectivity index (χ4n) is 21.9. The van der Waals surface area contributed by atoms with E-state index < -0.39 is 48.5 Å². The minimum absolute atomic E-state index is 0.0235. The number of nitrogens with one attached hydrogen (secondary N) is 8. The van der Waals surface area contributed by atoms with Crippen LogP contribution in [0.4, 0.5) is 19.2 Å². The Labute approximate surface area is 809 Å². The van der Waals surface area contributed by atoms with Gasteiger partial charge in [-0.1, -0.05) is 93.5 Å². The zero-order valence-corrected chi connectivity index (χ0v) is 84.8. The third kappa shape index (κ3) is 20.4. The van der Waals surface area contributed by atoms with Crippen molar-refractivity contribution >= 4 is 106 Å². The van der Waals surface area contributed by atoms with E-state index in [9.17, 15) is 38.4 Å². The van der Waals surface area contributed by atoms with Crippen LogP contribution in [0.25, 0.3) is 53.3 Å². The van der Waals surface area contributed by atoms with Gasteiger partial charge in [-0.05, 0) is 288 Å². The summed E-state index contributed by atoms with van der Waals surface area (Å²) in [6.07, 6.45) is 26.0. The molecule has 2 spiro atoms. The number of carbonyl (C=O) groups is 8. The number of alkyl carbamates (subject to hydrolysis) is 4. The molecule has 5 saturated heterocycles. The lowest BCUT2D eigenvalue weighted by Crippen LogP contribution is -2.51. The standard InChI is InChI=1S/C47H62N8O6S.C39H53BN4O5S.C14H21IN4O3/c1-26(2)39(52-45(58)60-6)43(56)54-22-8-10-34(54)41-48-24-32(50-41)29-12-13-31(38-30(29)18-21-47(38)19-16-28(5)17-20-47)36-14-15-37(62-36)33-25-49-42(51-33)35-11-9-23-55(35)44(57)40(27(3)4)53-46(59)61-7;1-23(2)33(43-36(46)47-8)35(45)44-21-9-10-29(44)34-41-22-28(42-34)31-14-13-30(50-31)26-11-12-27(40-48-37(4,5)38(6,7)49-40)25-17-20-39(32(25)26)18-15-24(3)16-19-39;1-8(2)11(18-14(21)22-3)13(20)19-6-4-5-9(19)12-16-7-10(15)17-12/h12-15,24-28,34-35,39-40H,8-11,16-23H2,1-7H3,(H,48,50)(H,49,51)(H,52,58)(H,53,59);11-14,22-24,29,33H,9-10,15-21H2,1-8H3,(H,41,42)(H,43,46);7-9,11H,4-6H2,1-3H3,(H,16,17)(H,18,21)/t28?,34-,35+,39+,40+,47?;24?,29-,33-,39?;9-,11-/m100/s1. The van der Waals surface area contributed by atoms with Crippen molar-refractivity contribution in [2.24, 2.45) is 35.5 Å². The fourth-order valence-corrected chi connectivity index (χ4v) is 24.3. The molecule has 30 nitrogen and oxygen atoms in total. The van der Waals surface area contributed by atoms with Crippen LogP contribution in [0, 0.1) is 39.2 Å². The summed E-state index contributed by atoms with van der Waals surface area (Å²) >= 11 is 5.72. The summed E-state index contributed by atoms with van der Waals surface area (Å²) in [6.45, 7) is 31.2. The molecule has 8 atom stereocenters. The molecule has 0 unspecified atom stereocenters. The predicted molar refractivity (Wildman–Crippen MR) is 526 cm³/mol. The number of halogens is 1. The lowest BCUT2D eigenvalue weighted by atomic mass is 9.65. The number of carbonyl (C=O) groups excluding carboxylic acids is 8. The number of nitrogens with zero attached hydrogens (tertiary/aromatic N) is 8. The summed E-state index contributed by atoms with van der Waals surface area (Å²) < 4.78 is 33.2. The van der Waals surface area contributed by atoms with Crippen molar-refractivity contribution in [1.82, 2.24) is 80.7 Å². The van der Waals surface area contributed by atoms with E-state index in [4.69, 9.17) is 38.5 Å². The molecule has 17 rings (SSSR count). The van der Waals surface area contributed by atoms with E-state index in [0.717, 1.165) is 136 Å². The zero-order valence-electron chi connectivity index (χ0n) is 81.0. The molecule has 722 valence electrons. The van der Waals surface area contributed by atoms with Gasteiger partial charge in [0.05, 0.1) is 119 Å². The minimum atomic E-state index is -0.690.